The standard InChI is InChI=1S/C15H30O2S2/c1-5-8-9-10-12-15(18-6-2,19(17)7-3)13-11-14(4)16/h5-13H2,1-4H3. The summed E-state index contributed by atoms with van der Waals surface area (Å²) >= 11 is 1.80. The Labute approximate surface area is 126 Å². The number of unbranched alkanes of at least 4 members (excludes halogenated alkanes) is 3. The van der Waals surface area contributed by atoms with Crippen LogP contribution in [0.2, 0.25) is 0 Å². The molecule has 0 amide bonds. The second-order valence-electron chi connectivity index (χ2n) is 4.99. The second-order valence-corrected chi connectivity index (χ2v) is 8.95. The van der Waals surface area contributed by atoms with Crippen molar-refractivity contribution in [2.45, 2.75) is 76.7 Å². The maximum atomic E-state index is 12.5. The number of hydrogen-bond acceptors (Lipinski definition) is 3. The maximum Gasteiger partial charge on any atom is 0.129 e. The fourth-order valence-electron chi connectivity index (χ4n) is 2.28. The van der Waals surface area contributed by atoms with Crippen LogP contribution in [0.25, 0.3) is 0 Å². The first-order valence-electron chi connectivity index (χ1n) is 7.54. The lowest BCUT2D eigenvalue weighted by Crippen LogP contribution is -2.33. The molecule has 0 bridgehead atoms. The second kappa shape index (κ2) is 10.9. The van der Waals surface area contributed by atoms with Crippen LogP contribution in [-0.2, 0) is 15.6 Å². The number of Topliss-reactive ketones (excluding diaryl/α,β-unsaturated/α-hetero) is 1. The van der Waals surface area contributed by atoms with Gasteiger partial charge in [-0.2, -0.15) is 0 Å². The molecular formula is C15H30O2S2. The number of carbonyl (C=O) groups excluding carboxylic acids is 1. The van der Waals surface area contributed by atoms with Crippen molar-refractivity contribution in [3.05, 3.63) is 0 Å². The van der Waals surface area contributed by atoms with E-state index in [4.69, 9.17) is 0 Å². The van der Waals surface area contributed by atoms with Crippen molar-refractivity contribution in [3.8, 4) is 0 Å². The highest BCUT2D eigenvalue weighted by atomic mass is 32.2. The van der Waals surface area contributed by atoms with E-state index in [-0.39, 0.29) is 9.86 Å². The summed E-state index contributed by atoms with van der Waals surface area (Å²) in [5.74, 6) is 1.87. The van der Waals surface area contributed by atoms with Gasteiger partial charge in [-0.15, -0.1) is 11.8 Å². The molecule has 2 unspecified atom stereocenters. The van der Waals surface area contributed by atoms with Crippen molar-refractivity contribution < 1.29 is 9.00 Å². The Morgan fingerprint density at radius 3 is 2.26 bits per heavy atom. The molecule has 19 heavy (non-hydrogen) atoms. The average Bonchev–Trinajstić information content (AvgIpc) is 2.39. The molecule has 0 aliphatic rings. The van der Waals surface area contributed by atoms with E-state index < -0.39 is 10.8 Å². The molecule has 0 aliphatic carbocycles. The molecule has 0 aromatic carbocycles. The Morgan fingerprint density at radius 2 is 1.79 bits per heavy atom. The van der Waals surface area contributed by atoms with E-state index in [2.05, 4.69) is 13.8 Å². The van der Waals surface area contributed by atoms with Crippen LogP contribution in [-0.4, -0.2) is 25.6 Å². The molecule has 0 radical (unpaired) electrons. The zero-order valence-electron chi connectivity index (χ0n) is 13.0. The number of hydrogen-bond donors (Lipinski definition) is 0. The molecule has 0 N–H and O–H groups in total. The quantitative estimate of drug-likeness (QED) is 0.496. The molecule has 0 saturated carbocycles. The van der Waals surface area contributed by atoms with Crippen LogP contribution < -0.4 is 0 Å². The highest BCUT2D eigenvalue weighted by molar-refractivity contribution is 8.12. The molecule has 0 rings (SSSR count). The molecule has 0 heterocycles. The predicted octanol–water partition coefficient (Wildman–Crippen LogP) is 4.54. The van der Waals surface area contributed by atoms with Gasteiger partial charge in [-0.25, -0.2) is 0 Å². The monoisotopic (exact) mass is 306 g/mol. The lowest BCUT2D eigenvalue weighted by Gasteiger charge is -2.32. The molecule has 0 fully saturated rings. The molecule has 0 aromatic rings. The van der Waals surface area contributed by atoms with Crippen molar-refractivity contribution in [1.82, 2.24) is 0 Å². The van der Waals surface area contributed by atoms with Gasteiger partial charge in [-0.05, 0) is 25.5 Å². The molecule has 4 heteroatoms. The Kier molecular flexibility index (Phi) is 11.0. The minimum atomic E-state index is -0.834. The van der Waals surface area contributed by atoms with Gasteiger partial charge in [0, 0.05) is 23.0 Å². The van der Waals surface area contributed by atoms with Gasteiger partial charge in [0.05, 0.1) is 4.08 Å². The van der Waals surface area contributed by atoms with Crippen LogP contribution >= 0.6 is 11.8 Å². The number of thioether (sulfide) groups is 1. The van der Waals surface area contributed by atoms with Crippen LogP contribution in [0, 0.1) is 0 Å². The van der Waals surface area contributed by atoms with Crippen molar-refractivity contribution >= 4 is 28.3 Å². The van der Waals surface area contributed by atoms with Gasteiger partial charge in [0.25, 0.3) is 0 Å². The van der Waals surface area contributed by atoms with Gasteiger partial charge >= 0.3 is 0 Å². The molecular weight excluding hydrogens is 276 g/mol. The van der Waals surface area contributed by atoms with Gasteiger partial charge in [0.15, 0.2) is 0 Å². The van der Waals surface area contributed by atoms with Crippen LogP contribution in [0.1, 0.15) is 72.6 Å². The van der Waals surface area contributed by atoms with Gasteiger partial charge in [0.2, 0.25) is 0 Å². The smallest absolute Gasteiger partial charge is 0.129 e. The van der Waals surface area contributed by atoms with E-state index in [0.29, 0.717) is 12.2 Å². The topological polar surface area (TPSA) is 34.1 Å². The highest BCUT2D eigenvalue weighted by Gasteiger charge is 2.35. The molecule has 0 saturated heterocycles. The lowest BCUT2D eigenvalue weighted by atomic mass is 10.1. The SMILES string of the molecule is CCCCCCC(CCC(C)=O)(SCC)S(=O)CC. The van der Waals surface area contributed by atoms with E-state index in [0.717, 1.165) is 25.0 Å². The van der Waals surface area contributed by atoms with Gasteiger partial charge in [-0.1, -0.05) is 46.5 Å². The lowest BCUT2D eigenvalue weighted by molar-refractivity contribution is -0.117. The summed E-state index contributed by atoms with van der Waals surface area (Å²) in [5.41, 5.74) is 0. The van der Waals surface area contributed by atoms with Gasteiger partial charge in [0.1, 0.15) is 5.78 Å². The maximum absolute atomic E-state index is 12.5. The number of carbonyl (C=O) groups is 1. The van der Waals surface area contributed by atoms with Crippen LogP contribution in [0.3, 0.4) is 0 Å². The average molecular weight is 307 g/mol. The van der Waals surface area contributed by atoms with Crippen LogP contribution in [0.5, 0.6) is 0 Å². The number of ketones is 1. The van der Waals surface area contributed by atoms with E-state index in [1.165, 1.54) is 19.3 Å². The fourth-order valence-corrected chi connectivity index (χ4v) is 5.80. The zero-order chi connectivity index (χ0) is 14.7. The Hall–Kier alpha value is 0.170. The molecule has 2 atom stereocenters. The van der Waals surface area contributed by atoms with E-state index in [1.807, 2.05) is 6.92 Å². The van der Waals surface area contributed by atoms with Crippen molar-refractivity contribution in [2.24, 2.45) is 0 Å². The summed E-state index contributed by atoms with van der Waals surface area (Å²) in [7, 11) is -0.834. The summed E-state index contributed by atoms with van der Waals surface area (Å²) in [4.78, 5) is 11.3. The van der Waals surface area contributed by atoms with Gasteiger partial charge < -0.3 is 4.79 Å². The summed E-state index contributed by atoms with van der Waals surface area (Å²) in [5, 5.41) is 0. The van der Waals surface area contributed by atoms with E-state index >= 15 is 0 Å². The third kappa shape index (κ3) is 7.50. The number of rotatable bonds is 12. The first kappa shape index (κ1) is 19.2. The highest BCUT2D eigenvalue weighted by Crippen LogP contribution is 2.39. The first-order chi connectivity index (χ1) is 9.02. The zero-order valence-corrected chi connectivity index (χ0v) is 14.6. The molecule has 0 spiro atoms. The normalized spacial score (nSPS) is 16.0. The van der Waals surface area contributed by atoms with Crippen LogP contribution in [0.15, 0.2) is 0 Å². The Bertz CT molecular complexity index is 279. The molecule has 2 nitrogen and oxygen atoms in total. The Balaban J connectivity index is 4.70. The van der Waals surface area contributed by atoms with Crippen molar-refractivity contribution in [1.29, 1.82) is 0 Å². The Morgan fingerprint density at radius 1 is 1.11 bits per heavy atom. The van der Waals surface area contributed by atoms with E-state index in [1.54, 1.807) is 18.7 Å². The van der Waals surface area contributed by atoms with E-state index in [9.17, 15) is 9.00 Å². The third-order valence-corrected chi connectivity index (χ3v) is 7.25. The largest absolute Gasteiger partial charge is 0.300 e. The molecule has 0 aromatic heterocycles. The minimum absolute atomic E-state index is 0.192. The summed E-state index contributed by atoms with van der Waals surface area (Å²) in [6.45, 7) is 7.94. The fraction of sp³-hybridized carbons (Fsp3) is 0.933. The first-order valence-corrected chi connectivity index (χ1v) is 9.84. The molecule has 0 aliphatic heterocycles. The predicted molar refractivity (Wildman–Crippen MR) is 88.2 cm³/mol. The van der Waals surface area contributed by atoms with Crippen molar-refractivity contribution in [2.75, 3.05) is 11.5 Å². The third-order valence-electron chi connectivity index (χ3n) is 3.35. The molecule has 114 valence electrons. The summed E-state index contributed by atoms with van der Waals surface area (Å²) < 4.78 is 12.3. The van der Waals surface area contributed by atoms with Crippen LogP contribution in [0.4, 0.5) is 0 Å². The van der Waals surface area contributed by atoms with Crippen molar-refractivity contribution in [3.63, 3.8) is 0 Å². The summed E-state index contributed by atoms with van der Waals surface area (Å²) in [6, 6.07) is 0. The van der Waals surface area contributed by atoms with Gasteiger partial charge in [-0.3, -0.25) is 4.21 Å². The summed E-state index contributed by atoms with van der Waals surface area (Å²) in [6.07, 6.45) is 7.13. The minimum Gasteiger partial charge on any atom is -0.300 e.